The highest BCUT2D eigenvalue weighted by Gasteiger charge is 2.24. The van der Waals surface area contributed by atoms with Crippen LogP contribution >= 0.6 is 12.4 Å². The Labute approximate surface area is 162 Å². The van der Waals surface area contributed by atoms with Gasteiger partial charge in [-0.15, -0.1) is 12.4 Å². The number of carboxylic acids is 1. The summed E-state index contributed by atoms with van der Waals surface area (Å²) in [7, 11) is 1.85. The number of nitrogens with zero attached hydrogens (tertiary/aromatic N) is 2. The van der Waals surface area contributed by atoms with Crippen LogP contribution in [0.2, 0.25) is 0 Å². The van der Waals surface area contributed by atoms with Crippen LogP contribution in [0.15, 0.2) is 24.3 Å². The molecule has 0 bridgehead atoms. The topological polar surface area (TPSA) is 72.9 Å². The first-order chi connectivity index (χ1) is 11.8. The monoisotopic (exact) mass is 383 g/mol. The number of rotatable bonds is 7. The highest BCUT2D eigenvalue weighted by Crippen LogP contribution is 2.18. The van der Waals surface area contributed by atoms with Crippen molar-refractivity contribution in [3.05, 3.63) is 29.8 Å². The molecule has 26 heavy (non-hydrogen) atoms. The van der Waals surface area contributed by atoms with Crippen molar-refractivity contribution >= 4 is 30.0 Å². The van der Waals surface area contributed by atoms with Crippen LogP contribution in [-0.2, 0) is 9.59 Å². The molecule has 0 aromatic heterocycles. The summed E-state index contributed by atoms with van der Waals surface area (Å²) < 4.78 is 0. The average molecular weight is 384 g/mol. The van der Waals surface area contributed by atoms with Crippen molar-refractivity contribution in [1.29, 1.82) is 0 Å². The van der Waals surface area contributed by atoms with Gasteiger partial charge in [0, 0.05) is 24.8 Å². The molecular formula is C19H30ClN3O3. The van der Waals surface area contributed by atoms with Crippen molar-refractivity contribution in [2.75, 3.05) is 38.5 Å². The lowest BCUT2D eigenvalue weighted by Crippen LogP contribution is -2.46. The molecule has 0 aliphatic carbocycles. The molecule has 0 unspecified atom stereocenters. The van der Waals surface area contributed by atoms with Gasteiger partial charge in [0.15, 0.2) is 0 Å². The molecule has 0 spiro atoms. The summed E-state index contributed by atoms with van der Waals surface area (Å²) in [6, 6.07) is 8.26. The summed E-state index contributed by atoms with van der Waals surface area (Å²) in [5.74, 6) is -0.326. The van der Waals surface area contributed by atoms with E-state index in [0.29, 0.717) is 12.5 Å². The summed E-state index contributed by atoms with van der Waals surface area (Å²) in [6.07, 6.45) is 1.78. The molecule has 0 atom stereocenters. The number of nitrogens with one attached hydrogen (secondary N) is 1. The lowest BCUT2D eigenvalue weighted by Gasteiger charge is -2.35. The first-order valence-corrected chi connectivity index (χ1v) is 8.89. The fourth-order valence-corrected chi connectivity index (χ4v) is 3.22. The lowest BCUT2D eigenvalue weighted by atomic mass is 10.0. The second-order valence-electron chi connectivity index (χ2n) is 7.14. The first kappa shape index (κ1) is 22.4. The molecule has 6 nitrogen and oxygen atoms in total. The Morgan fingerprint density at radius 3 is 2.31 bits per heavy atom. The number of hydrogen-bond donors (Lipinski definition) is 2. The Morgan fingerprint density at radius 2 is 1.81 bits per heavy atom. The number of piperidine rings is 1. The van der Waals surface area contributed by atoms with E-state index in [1.54, 1.807) is 0 Å². The predicted octanol–water partition coefficient (Wildman–Crippen LogP) is 2.65. The minimum Gasteiger partial charge on any atom is -0.480 e. The third-order valence-corrected chi connectivity index (χ3v) is 4.79. The summed E-state index contributed by atoms with van der Waals surface area (Å²) in [5.41, 5.74) is 2.08. The van der Waals surface area contributed by atoms with Crippen LogP contribution in [0.3, 0.4) is 0 Å². The number of likely N-dealkylation sites (N-methyl/N-ethyl adjacent to an activating group) is 1. The summed E-state index contributed by atoms with van der Waals surface area (Å²) in [4.78, 5) is 27.0. The molecule has 2 N–H and O–H groups in total. The molecule has 0 saturated carbocycles. The second kappa shape index (κ2) is 10.5. The maximum Gasteiger partial charge on any atom is 0.317 e. The minimum absolute atomic E-state index is 0. The molecule has 1 fully saturated rings. The lowest BCUT2D eigenvalue weighted by molar-refractivity contribution is -0.138. The standard InChI is InChI=1S/C19H29N3O3.ClH/c1-14(2)15-4-6-16(7-5-15)20-18(23)12-22-10-8-17(9-11-22)21(3)13-19(24)25;/h4-7,14,17H,8-13H2,1-3H3,(H,20,23)(H,24,25);1H. The SMILES string of the molecule is CC(C)c1ccc(NC(=O)CN2CCC(N(C)CC(=O)O)CC2)cc1.Cl. The number of likely N-dealkylation sites (tertiary alicyclic amines) is 1. The van der Waals surface area contributed by atoms with Gasteiger partial charge in [0.25, 0.3) is 0 Å². The van der Waals surface area contributed by atoms with E-state index >= 15 is 0 Å². The number of carboxylic acid groups (broad SMARTS) is 1. The Bertz CT molecular complexity index is 584. The summed E-state index contributed by atoms with van der Waals surface area (Å²) in [5, 5.41) is 11.8. The van der Waals surface area contributed by atoms with Crippen LogP contribution < -0.4 is 5.32 Å². The molecule has 1 aliphatic rings. The third-order valence-electron chi connectivity index (χ3n) is 4.79. The van der Waals surface area contributed by atoms with Crippen molar-refractivity contribution in [3.8, 4) is 0 Å². The maximum absolute atomic E-state index is 12.2. The fourth-order valence-electron chi connectivity index (χ4n) is 3.22. The van der Waals surface area contributed by atoms with E-state index in [4.69, 9.17) is 5.11 Å². The van der Waals surface area contributed by atoms with Crippen molar-refractivity contribution in [1.82, 2.24) is 9.80 Å². The van der Waals surface area contributed by atoms with Crippen molar-refractivity contribution in [2.45, 2.75) is 38.6 Å². The number of hydrogen-bond acceptors (Lipinski definition) is 4. The maximum atomic E-state index is 12.2. The molecule has 1 saturated heterocycles. The van der Waals surface area contributed by atoms with Crippen LogP contribution in [-0.4, -0.2) is 66.1 Å². The predicted molar refractivity (Wildman–Crippen MR) is 106 cm³/mol. The third kappa shape index (κ3) is 6.94. The quantitative estimate of drug-likeness (QED) is 0.757. The number of amides is 1. The highest BCUT2D eigenvalue weighted by atomic mass is 35.5. The zero-order valence-corrected chi connectivity index (χ0v) is 16.6. The molecular weight excluding hydrogens is 354 g/mol. The van der Waals surface area contributed by atoms with E-state index < -0.39 is 5.97 Å². The zero-order chi connectivity index (χ0) is 18.4. The van der Waals surface area contributed by atoms with Gasteiger partial charge >= 0.3 is 5.97 Å². The molecule has 1 aromatic carbocycles. The van der Waals surface area contributed by atoms with Gasteiger partial charge < -0.3 is 10.4 Å². The van der Waals surface area contributed by atoms with Crippen molar-refractivity contribution < 1.29 is 14.7 Å². The van der Waals surface area contributed by atoms with Crippen LogP contribution in [0.1, 0.15) is 38.2 Å². The van der Waals surface area contributed by atoms with E-state index in [0.717, 1.165) is 31.6 Å². The van der Waals surface area contributed by atoms with Crippen LogP contribution in [0.5, 0.6) is 0 Å². The number of carbonyl (C=O) groups is 2. The Hall–Kier alpha value is -1.63. The van der Waals surface area contributed by atoms with E-state index in [-0.39, 0.29) is 30.9 Å². The van der Waals surface area contributed by atoms with E-state index in [9.17, 15) is 9.59 Å². The average Bonchev–Trinajstić information content (AvgIpc) is 2.55. The van der Waals surface area contributed by atoms with E-state index in [1.807, 2.05) is 36.2 Å². The molecule has 1 aromatic rings. The van der Waals surface area contributed by atoms with Gasteiger partial charge in [0.05, 0.1) is 13.1 Å². The molecule has 1 heterocycles. The van der Waals surface area contributed by atoms with Gasteiger partial charge in [0.2, 0.25) is 5.91 Å². The molecule has 2 rings (SSSR count). The number of carbonyl (C=O) groups excluding carboxylic acids is 1. The van der Waals surface area contributed by atoms with Gasteiger partial charge in [-0.25, -0.2) is 0 Å². The zero-order valence-electron chi connectivity index (χ0n) is 15.8. The Morgan fingerprint density at radius 1 is 1.23 bits per heavy atom. The molecule has 1 aliphatic heterocycles. The van der Waals surface area contributed by atoms with E-state index in [2.05, 4.69) is 24.1 Å². The second-order valence-corrected chi connectivity index (χ2v) is 7.14. The Balaban J connectivity index is 0.00000338. The number of anilines is 1. The van der Waals surface area contributed by atoms with Crippen LogP contribution in [0, 0.1) is 0 Å². The molecule has 1 amide bonds. The van der Waals surface area contributed by atoms with Gasteiger partial charge in [-0.05, 0) is 43.5 Å². The van der Waals surface area contributed by atoms with Gasteiger partial charge in [0.1, 0.15) is 0 Å². The number of halogens is 1. The van der Waals surface area contributed by atoms with Crippen LogP contribution in [0.25, 0.3) is 0 Å². The van der Waals surface area contributed by atoms with Crippen LogP contribution in [0.4, 0.5) is 5.69 Å². The molecule has 7 heteroatoms. The summed E-state index contributed by atoms with van der Waals surface area (Å²) in [6.45, 7) is 6.36. The Kier molecular flexibility index (Phi) is 9.05. The van der Waals surface area contributed by atoms with Gasteiger partial charge in [-0.2, -0.15) is 0 Å². The van der Waals surface area contributed by atoms with Crippen molar-refractivity contribution in [3.63, 3.8) is 0 Å². The minimum atomic E-state index is -0.798. The first-order valence-electron chi connectivity index (χ1n) is 8.89. The summed E-state index contributed by atoms with van der Waals surface area (Å²) >= 11 is 0. The van der Waals surface area contributed by atoms with Gasteiger partial charge in [-0.1, -0.05) is 26.0 Å². The number of benzene rings is 1. The highest BCUT2D eigenvalue weighted by molar-refractivity contribution is 5.92. The van der Waals surface area contributed by atoms with Gasteiger partial charge in [-0.3, -0.25) is 19.4 Å². The molecule has 146 valence electrons. The molecule has 0 radical (unpaired) electrons. The largest absolute Gasteiger partial charge is 0.480 e. The normalized spacial score (nSPS) is 15.7. The number of aliphatic carboxylic acids is 1. The van der Waals surface area contributed by atoms with Crippen molar-refractivity contribution in [2.24, 2.45) is 0 Å². The fraction of sp³-hybridized carbons (Fsp3) is 0.579. The van der Waals surface area contributed by atoms with E-state index in [1.165, 1.54) is 5.56 Å². The smallest absolute Gasteiger partial charge is 0.317 e.